The van der Waals surface area contributed by atoms with E-state index in [9.17, 15) is 18.5 Å². The van der Waals surface area contributed by atoms with Crippen LogP contribution in [0.2, 0.25) is 5.02 Å². The largest absolute Gasteiger partial charge is 0.279 e. The molecular weight excluding hydrogens is 404 g/mol. The third-order valence-electron chi connectivity index (χ3n) is 2.55. The minimum atomic E-state index is -3.79. The van der Waals surface area contributed by atoms with Crippen LogP contribution in [0.3, 0.4) is 0 Å². The Morgan fingerprint density at radius 2 is 2.05 bits per heavy atom. The van der Waals surface area contributed by atoms with Gasteiger partial charge in [0.15, 0.2) is 0 Å². The first kappa shape index (κ1) is 16.2. The van der Waals surface area contributed by atoms with E-state index in [0.717, 1.165) is 11.3 Å². The molecule has 0 saturated carbocycles. The van der Waals surface area contributed by atoms with Gasteiger partial charge in [-0.15, -0.1) is 11.3 Å². The SMILES string of the molecule is Cc1cc([N+](=O)[O-])ccc1NS(=O)(=O)c1cc(Cl)c(Br)s1. The molecule has 0 aliphatic heterocycles. The van der Waals surface area contributed by atoms with Crippen molar-refractivity contribution in [3.8, 4) is 0 Å². The number of nitrogens with one attached hydrogen (secondary N) is 1. The quantitative estimate of drug-likeness (QED) is 0.603. The van der Waals surface area contributed by atoms with E-state index in [2.05, 4.69) is 20.7 Å². The normalized spacial score (nSPS) is 11.4. The lowest BCUT2D eigenvalue weighted by Crippen LogP contribution is -2.12. The second kappa shape index (κ2) is 5.91. The summed E-state index contributed by atoms with van der Waals surface area (Å²) in [6, 6.07) is 5.23. The van der Waals surface area contributed by atoms with Crippen LogP contribution in [0.5, 0.6) is 0 Å². The molecule has 10 heteroatoms. The fraction of sp³-hybridized carbons (Fsp3) is 0.0909. The number of rotatable bonds is 4. The maximum Gasteiger partial charge on any atom is 0.271 e. The zero-order valence-corrected chi connectivity index (χ0v) is 14.4. The van der Waals surface area contributed by atoms with Crippen LogP contribution in [0.1, 0.15) is 5.56 Å². The number of aryl methyl sites for hydroxylation is 1. The van der Waals surface area contributed by atoms with Crippen LogP contribution in [0, 0.1) is 17.0 Å². The van der Waals surface area contributed by atoms with E-state index in [1.54, 1.807) is 6.92 Å². The maximum atomic E-state index is 12.2. The number of nitro benzene ring substituents is 1. The molecule has 2 rings (SSSR count). The van der Waals surface area contributed by atoms with E-state index in [1.807, 2.05) is 0 Å². The van der Waals surface area contributed by atoms with Crippen LogP contribution in [0.4, 0.5) is 11.4 Å². The highest BCUT2D eigenvalue weighted by molar-refractivity contribution is 9.11. The van der Waals surface area contributed by atoms with E-state index in [4.69, 9.17) is 11.6 Å². The number of sulfonamides is 1. The topological polar surface area (TPSA) is 89.3 Å². The van der Waals surface area contributed by atoms with Gasteiger partial charge >= 0.3 is 0 Å². The van der Waals surface area contributed by atoms with Gasteiger partial charge in [-0.05, 0) is 40.5 Å². The second-order valence-corrected chi connectivity index (χ2v) is 8.74. The molecule has 6 nitrogen and oxygen atoms in total. The number of hydrogen-bond donors (Lipinski definition) is 1. The fourth-order valence-corrected chi connectivity index (χ4v) is 5.06. The van der Waals surface area contributed by atoms with Crippen molar-refractivity contribution in [2.75, 3.05) is 4.72 Å². The molecule has 0 unspecified atom stereocenters. The first-order chi connectivity index (χ1) is 9.70. The van der Waals surface area contributed by atoms with E-state index < -0.39 is 14.9 Å². The minimum Gasteiger partial charge on any atom is -0.279 e. The van der Waals surface area contributed by atoms with Gasteiger partial charge in [-0.2, -0.15) is 0 Å². The van der Waals surface area contributed by atoms with Crippen molar-refractivity contribution in [2.24, 2.45) is 0 Å². The lowest BCUT2D eigenvalue weighted by atomic mass is 10.2. The van der Waals surface area contributed by atoms with Crippen molar-refractivity contribution in [1.82, 2.24) is 0 Å². The Morgan fingerprint density at radius 3 is 2.52 bits per heavy atom. The van der Waals surface area contributed by atoms with Gasteiger partial charge in [0.2, 0.25) is 0 Å². The van der Waals surface area contributed by atoms with Crippen molar-refractivity contribution in [3.63, 3.8) is 0 Å². The van der Waals surface area contributed by atoms with Crippen LogP contribution >= 0.6 is 38.9 Å². The van der Waals surface area contributed by atoms with Crippen LogP contribution in [-0.4, -0.2) is 13.3 Å². The van der Waals surface area contributed by atoms with Gasteiger partial charge in [0.25, 0.3) is 15.7 Å². The van der Waals surface area contributed by atoms with Crippen molar-refractivity contribution in [3.05, 3.63) is 48.8 Å². The molecule has 1 N–H and O–H groups in total. The number of nitro groups is 1. The Balaban J connectivity index is 2.35. The molecule has 0 radical (unpaired) electrons. The molecule has 21 heavy (non-hydrogen) atoms. The average molecular weight is 412 g/mol. The molecule has 0 amide bonds. The van der Waals surface area contributed by atoms with Gasteiger partial charge in [-0.3, -0.25) is 14.8 Å². The number of nitrogens with zero attached hydrogens (tertiary/aromatic N) is 1. The number of anilines is 1. The lowest BCUT2D eigenvalue weighted by Gasteiger charge is -2.08. The second-order valence-electron chi connectivity index (χ2n) is 4.05. The van der Waals surface area contributed by atoms with Gasteiger partial charge in [0, 0.05) is 12.1 Å². The van der Waals surface area contributed by atoms with Crippen molar-refractivity contribution in [1.29, 1.82) is 0 Å². The third kappa shape index (κ3) is 3.54. The predicted octanol–water partition coefficient (Wildman–Crippen LogP) is 4.18. The maximum absolute atomic E-state index is 12.2. The average Bonchev–Trinajstić information content (AvgIpc) is 2.72. The van der Waals surface area contributed by atoms with E-state index in [0.29, 0.717) is 14.4 Å². The van der Waals surface area contributed by atoms with Crippen LogP contribution in [-0.2, 0) is 10.0 Å². The minimum absolute atomic E-state index is 0.0529. The van der Waals surface area contributed by atoms with Crippen molar-refractivity contribution < 1.29 is 13.3 Å². The number of non-ortho nitro benzene ring substituents is 1. The summed E-state index contributed by atoms with van der Waals surface area (Å²) in [5.74, 6) is 0. The molecule has 1 aromatic heterocycles. The first-order valence-corrected chi connectivity index (χ1v) is 8.90. The summed E-state index contributed by atoms with van der Waals surface area (Å²) in [7, 11) is -3.79. The molecule has 0 atom stereocenters. The van der Waals surface area contributed by atoms with Crippen LogP contribution < -0.4 is 4.72 Å². The molecule has 0 bridgehead atoms. The highest BCUT2D eigenvalue weighted by Crippen LogP contribution is 2.35. The summed E-state index contributed by atoms with van der Waals surface area (Å²) >= 11 is 9.96. The molecule has 1 heterocycles. The summed E-state index contributed by atoms with van der Waals surface area (Å²) in [5.41, 5.74) is 0.632. The molecule has 0 fully saturated rings. The Labute approximate surface area is 138 Å². The van der Waals surface area contributed by atoms with Crippen LogP contribution in [0.15, 0.2) is 32.3 Å². The monoisotopic (exact) mass is 410 g/mol. The van der Waals surface area contributed by atoms with Crippen molar-refractivity contribution >= 4 is 60.3 Å². The summed E-state index contributed by atoms with van der Waals surface area (Å²) in [5, 5.41) is 11.0. The van der Waals surface area contributed by atoms with Gasteiger partial charge in [0.1, 0.15) is 4.21 Å². The van der Waals surface area contributed by atoms with Gasteiger partial charge in [-0.25, -0.2) is 8.42 Å². The smallest absolute Gasteiger partial charge is 0.271 e. The molecular formula is C11H8BrClN2O4S2. The first-order valence-electron chi connectivity index (χ1n) is 5.43. The highest BCUT2D eigenvalue weighted by Gasteiger charge is 2.20. The standard InChI is InChI=1S/C11H8BrClN2O4S2/c1-6-4-7(15(16)17)2-3-9(6)14-21(18,19)10-5-8(13)11(12)20-10/h2-5,14H,1H3. The zero-order valence-electron chi connectivity index (χ0n) is 10.5. The van der Waals surface area contributed by atoms with E-state index in [-0.39, 0.29) is 15.6 Å². The molecule has 0 saturated heterocycles. The summed E-state index contributed by atoms with van der Waals surface area (Å²) in [6.45, 7) is 1.59. The molecule has 1 aromatic carbocycles. The van der Waals surface area contributed by atoms with Crippen molar-refractivity contribution in [2.45, 2.75) is 11.1 Å². The number of halogens is 2. The predicted molar refractivity (Wildman–Crippen MR) is 85.7 cm³/mol. The fourth-order valence-electron chi connectivity index (χ4n) is 1.53. The summed E-state index contributed by atoms with van der Waals surface area (Å²) < 4.78 is 27.4. The van der Waals surface area contributed by atoms with Crippen LogP contribution in [0.25, 0.3) is 0 Å². The Hall–Kier alpha value is -1.16. The van der Waals surface area contributed by atoms with Gasteiger partial charge in [-0.1, -0.05) is 11.6 Å². The van der Waals surface area contributed by atoms with E-state index >= 15 is 0 Å². The number of hydrogen-bond acceptors (Lipinski definition) is 5. The molecule has 0 aliphatic carbocycles. The van der Waals surface area contributed by atoms with Gasteiger partial charge in [0.05, 0.1) is 19.4 Å². The third-order valence-corrected chi connectivity index (χ3v) is 6.87. The molecule has 2 aromatic rings. The molecule has 0 spiro atoms. The zero-order chi connectivity index (χ0) is 15.8. The van der Waals surface area contributed by atoms with Gasteiger partial charge < -0.3 is 0 Å². The highest BCUT2D eigenvalue weighted by atomic mass is 79.9. The number of benzene rings is 1. The number of thiophene rings is 1. The lowest BCUT2D eigenvalue weighted by molar-refractivity contribution is -0.384. The Bertz CT molecular complexity index is 800. The molecule has 0 aliphatic rings. The van der Waals surface area contributed by atoms with E-state index in [1.165, 1.54) is 24.3 Å². The summed E-state index contributed by atoms with van der Waals surface area (Å²) in [6.07, 6.45) is 0. The summed E-state index contributed by atoms with van der Waals surface area (Å²) in [4.78, 5) is 10.1. The Morgan fingerprint density at radius 1 is 1.38 bits per heavy atom. The Kier molecular flexibility index (Phi) is 4.57. The molecule has 112 valence electrons.